The summed E-state index contributed by atoms with van der Waals surface area (Å²) in [6, 6.07) is 13.5. The highest BCUT2D eigenvalue weighted by Gasteiger charge is 2.28. The maximum absolute atomic E-state index is 12.8. The second kappa shape index (κ2) is 8.55. The molecule has 1 unspecified atom stereocenters. The zero-order chi connectivity index (χ0) is 18.6. The molecule has 2 aliphatic rings. The fourth-order valence-corrected chi connectivity index (χ4v) is 5.27. The van der Waals surface area contributed by atoms with Gasteiger partial charge in [0.15, 0.2) is 0 Å². The summed E-state index contributed by atoms with van der Waals surface area (Å²) >= 11 is 1.87. The van der Waals surface area contributed by atoms with Crippen LogP contribution in [0.4, 0.5) is 0 Å². The zero-order valence-electron chi connectivity index (χ0n) is 16.0. The largest absolute Gasteiger partial charge is 0.354 e. The SMILES string of the molecule is C[C@H]1C[C@@H](C(=O)NCC(c2ccccc2)N2CCc3sccc3C2)CCN1. The molecule has 3 heterocycles. The molecule has 0 saturated carbocycles. The van der Waals surface area contributed by atoms with Crippen molar-refractivity contribution in [3.05, 3.63) is 57.8 Å². The van der Waals surface area contributed by atoms with Crippen LogP contribution in [-0.4, -0.2) is 36.5 Å². The third kappa shape index (κ3) is 4.42. The quantitative estimate of drug-likeness (QED) is 0.832. The molecule has 2 N–H and O–H groups in total. The van der Waals surface area contributed by atoms with Gasteiger partial charge in [0, 0.05) is 36.5 Å². The van der Waals surface area contributed by atoms with Gasteiger partial charge in [-0.05, 0) is 55.3 Å². The Kier molecular flexibility index (Phi) is 5.91. The van der Waals surface area contributed by atoms with Crippen LogP contribution in [0.15, 0.2) is 41.8 Å². The molecule has 1 amide bonds. The highest BCUT2D eigenvalue weighted by molar-refractivity contribution is 7.10. The summed E-state index contributed by atoms with van der Waals surface area (Å²) in [5, 5.41) is 8.91. The fraction of sp³-hybridized carbons (Fsp3) is 0.500. The molecule has 4 rings (SSSR count). The Balaban J connectivity index is 1.45. The number of amides is 1. The van der Waals surface area contributed by atoms with Gasteiger partial charge in [-0.2, -0.15) is 0 Å². The van der Waals surface area contributed by atoms with E-state index in [1.54, 1.807) is 0 Å². The van der Waals surface area contributed by atoms with E-state index in [0.29, 0.717) is 12.6 Å². The van der Waals surface area contributed by atoms with Crippen molar-refractivity contribution in [2.75, 3.05) is 19.6 Å². The standard InChI is InChI=1S/C22H29N3OS/c1-16-13-18(7-10-23-16)22(26)24-14-20(17-5-3-2-4-6-17)25-11-8-21-19(15-25)9-12-27-21/h2-6,9,12,16,18,20,23H,7-8,10-11,13-15H2,1H3,(H,24,26)/t16-,18-,20?/m0/s1. The first-order valence-corrected chi connectivity index (χ1v) is 10.9. The van der Waals surface area contributed by atoms with E-state index in [0.717, 1.165) is 38.9 Å². The molecule has 0 spiro atoms. The molecule has 1 aromatic carbocycles. The lowest BCUT2D eigenvalue weighted by Gasteiger charge is -2.35. The maximum atomic E-state index is 12.8. The molecule has 2 aromatic rings. The summed E-state index contributed by atoms with van der Waals surface area (Å²) in [5.74, 6) is 0.361. The minimum absolute atomic E-state index is 0.141. The van der Waals surface area contributed by atoms with Crippen LogP contribution < -0.4 is 10.6 Å². The highest BCUT2D eigenvalue weighted by atomic mass is 32.1. The van der Waals surface area contributed by atoms with Gasteiger partial charge >= 0.3 is 0 Å². The zero-order valence-corrected chi connectivity index (χ0v) is 16.8. The highest BCUT2D eigenvalue weighted by Crippen LogP contribution is 2.30. The number of carbonyl (C=O) groups excluding carboxylic acids is 1. The van der Waals surface area contributed by atoms with E-state index in [4.69, 9.17) is 0 Å². The molecule has 1 saturated heterocycles. The third-order valence-corrected chi connectivity index (χ3v) is 6.95. The lowest BCUT2D eigenvalue weighted by atomic mass is 9.92. The topological polar surface area (TPSA) is 44.4 Å². The Labute approximate surface area is 166 Å². The van der Waals surface area contributed by atoms with E-state index in [9.17, 15) is 4.79 Å². The van der Waals surface area contributed by atoms with Crippen LogP contribution in [0.1, 0.15) is 41.8 Å². The second-order valence-corrected chi connectivity index (χ2v) is 8.84. The Morgan fingerprint density at radius 2 is 2.19 bits per heavy atom. The fourth-order valence-electron chi connectivity index (χ4n) is 4.38. The molecule has 5 heteroatoms. The van der Waals surface area contributed by atoms with E-state index in [-0.39, 0.29) is 17.9 Å². The minimum atomic E-state index is 0.141. The van der Waals surface area contributed by atoms with Crippen LogP contribution in [0.3, 0.4) is 0 Å². The van der Waals surface area contributed by atoms with Crippen molar-refractivity contribution in [2.45, 2.75) is 44.8 Å². The number of nitrogens with zero attached hydrogens (tertiary/aromatic N) is 1. The van der Waals surface area contributed by atoms with Gasteiger partial charge in [-0.1, -0.05) is 30.3 Å². The smallest absolute Gasteiger partial charge is 0.223 e. The Morgan fingerprint density at radius 1 is 1.33 bits per heavy atom. The third-order valence-electron chi connectivity index (χ3n) is 5.93. The number of fused-ring (bicyclic) bond motifs is 1. The molecule has 27 heavy (non-hydrogen) atoms. The lowest BCUT2D eigenvalue weighted by Crippen LogP contribution is -2.45. The summed E-state index contributed by atoms with van der Waals surface area (Å²) in [6.07, 6.45) is 2.98. The number of hydrogen-bond acceptors (Lipinski definition) is 4. The number of rotatable bonds is 5. The van der Waals surface area contributed by atoms with Gasteiger partial charge in [-0.3, -0.25) is 9.69 Å². The minimum Gasteiger partial charge on any atom is -0.354 e. The van der Waals surface area contributed by atoms with Crippen molar-refractivity contribution in [2.24, 2.45) is 5.92 Å². The van der Waals surface area contributed by atoms with Crippen LogP contribution in [0, 0.1) is 5.92 Å². The molecule has 1 aromatic heterocycles. The van der Waals surface area contributed by atoms with Crippen molar-refractivity contribution >= 4 is 17.2 Å². The van der Waals surface area contributed by atoms with Gasteiger partial charge in [0.1, 0.15) is 0 Å². The first-order chi connectivity index (χ1) is 13.2. The molecule has 0 bridgehead atoms. The van der Waals surface area contributed by atoms with Crippen molar-refractivity contribution in [3.63, 3.8) is 0 Å². The Morgan fingerprint density at radius 3 is 3.00 bits per heavy atom. The monoisotopic (exact) mass is 383 g/mol. The van der Waals surface area contributed by atoms with Crippen LogP contribution in [0.5, 0.6) is 0 Å². The number of piperidine rings is 1. The van der Waals surface area contributed by atoms with Gasteiger partial charge < -0.3 is 10.6 Å². The average Bonchev–Trinajstić information content (AvgIpc) is 3.17. The first kappa shape index (κ1) is 18.7. The molecule has 144 valence electrons. The van der Waals surface area contributed by atoms with Gasteiger partial charge in [0.2, 0.25) is 5.91 Å². The van der Waals surface area contributed by atoms with Gasteiger partial charge in [0.25, 0.3) is 0 Å². The summed E-state index contributed by atoms with van der Waals surface area (Å²) in [6.45, 7) is 5.80. The molecule has 2 aliphatic heterocycles. The number of thiophene rings is 1. The van der Waals surface area contributed by atoms with Crippen molar-refractivity contribution in [1.29, 1.82) is 0 Å². The lowest BCUT2D eigenvalue weighted by molar-refractivity contribution is -0.126. The number of carbonyl (C=O) groups is 1. The molecule has 1 fully saturated rings. The molecule has 0 aliphatic carbocycles. The van der Waals surface area contributed by atoms with Gasteiger partial charge in [-0.25, -0.2) is 0 Å². The van der Waals surface area contributed by atoms with Crippen molar-refractivity contribution in [1.82, 2.24) is 15.5 Å². The normalized spacial score (nSPS) is 24.2. The summed E-state index contributed by atoms with van der Waals surface area (Å²) < 4.78 is 0. The molecular formula is C22H29N3OS. The van der Waals surface area contributed by atoms with Crippen molar-refractivity contribution in [3.8, 4) is 0 Å². The second-order valence-electron chi connectivity index (χ2n) is 7.84. The van der Waals surface area contributed by atoms with Crippen LogP contribution >= 0.6 is 11.3 Å². The summed E-state index contributed by atoms with van der Waals surface area (Å²) in [7, 11) is 0. The molecule has 4 nitrogen and oxygen atoms in total. The van der Waals surface area contributed by atoms with E-state index < -0.39 is 0 Å². The predicted octanol–water partition coefficient (Wildman–Crippen LogP) is 3.35. The summed E-state index contributed by atoms with van der Waals surface area (Å²) in [5.41, 5.74) is 2.74. The predicted molar refractivity (Wildman–Crippen MR) is 111 cm³/mol. The van der Waals surface area contributed by atoms with E-state index in [2.05, 4.69) is 64.2 Å². The van der Waals surface area contributed by atoms with E-state index in [1.807, 2.05) is 11.3 Å². The van der Waals surface area contributed by atoms with Crippen LogP contribution in [-0.2, 0) is 17.8 Å². The van der Waals surface area contributed by atoms with Gasteiger partial charge in [0.05, 0.1) is 6.04 Å². The number of benzene rings is 1. The van der Waals surface area contributed by atoms with E-state index >= 15 is 0 Å². The number of hydrogen-bond donors (Lipinski definition) is 2. The maximum Gasteiger partial charge on any atom is 0.223 e. The molecular weight excluding hydrogens is 354 g/mol. The number of nitrogens with one attached hydrogen (secondary N) is 2. The Hall–Kier alpha value is -1.69. The van der Waals surface area contributed by atoms with Crippen LogP contribution in [0.25, 0.3) is 0 Å². The van der Waals surface area contributed by atoms with Crippen LogP contribution in [0.2, 0.25) is 0 Å². The Bertz CT molecular complexity index is 760. The van der Waals surface area contributed by atoms with E-state index in [1.165, 1.54) is 16.0 Å². The average molecular weight is 384 g/mol. The van der Waals surface area contributed by atoms with Crippen molar-refractivity contribution < 1.29 is 4.79 Å². The molecule has 0 radical (unpaired) electrons. The first-order valence-electron chi connectivity index (χ1n) is 10.1. The van der Waals surface area contributed by atoms with Gasteiger partial charge in [-0.15, -0.1) is 11.3 Å². The summed E-state index contributed by atoms with van der Waals surface area (Å²) in [4.78, 5) is 16.8. The molecule has 3 atom stereocenters.